The van der Waals surface area contributed by atoms with Gasteiger partial charge >= 0.3 is 0 Å². The first kappa shape index (κ1) is 17.1. The molecule has 2 aromatic rings. The molecule has 101 valence electrons. The molecule has 1 heterocycles. The molecule has 0 atom stereocenters. The predicted octanol–water partition coefficient (Wildman–Crippen LogP) is 3.66. The SMILES string of the molecule is CC.O=C1c2ccccc2C[C-]1Cc1ccncc1.[Y]. The zero-order valence-corrected chi connectivity index (χ0v) is 14.8. The predicted molar refractivity (Wildman–Crippen MR) is 77.0 cm³/mol. The van der Waals surface area contributed by atoms with Crippen molar-refractivity contribution in [3.8, 4) is 0 Å². The van der Waals surface area contributed by atoms with Crippen LogP contribution in [0.3, 0.4) is 0 Å². The summed E-state index contributed by atoms with van der Waals surface area (Å²) >= 11 is 0. The van der Waals surface area contributed by atoms with Crippen LogP contribution in [0, 0.1) is 5.92 Å². The molecule has 0 spiro atoms. The molecule has 20 heavy (non-hydrogen) atoms. The van der Waals surface area contributed by atoms with Crippen LogP contribution >= 0.6 is 0 Å². The number of rotatable bonds is 2. The fraction of sp³-hybridized carbons (Fsp3) is 0.235. The number of hydrogen-bond donors (Lipinski definition) is 0. The van der Waals surface area contributed by atoms with Gasteiger partial charge in [0.1, 0.15) is 0 Å². The van der Waals surface area contributed by atoms with Gasteiger partial charge < -0.3 is 4.79 Å². The van der Waals surface area contributed by atoms with Gasteiger partial charge in [-0.15, -0.1) is 17.2 Å². The van der Waals surface area contributed by atoms with Gasteiger partial charge in [-0.2, -0.15) is 5.92 Å². The van der Waals surface area contributed by atoms with Gasteiger partial charge in [0.05, 0.1) is 0 Å². The third-order valence-electron chi connectivity index (χ3n) is 3.15. The van der Waals surface area contributed by atoms with E-state index in [1.165, 1.54) is 0 Å². The molecule has 0 N–H and O–H groups in total. The van der Waals surface area contributed by atoms with E-state index in [4.69, 9.17) is 0 Å². The first-order valence-electron chi connectivity index (χ1n) is 6.71. The zero-order chi connectivity index (χ0) is 13.7. The fourth-order valence-corrected chi connectivity index (χ4v) is 2.29. The number of benzene rings is 1. The molecule has 3 heteroatoms. The molecule has 2 nitrogen and oxygen atoms in total. The minimum atomic E-state index is 0. The first-order valence-corrected chi connectivity index (χ1v) is 6.71. The maximum absolute atomic E-state index is 12.1. The number of hydrogen-bond acceptors (Lipinski definition) is 2. The van der Waals surface area contributed by atoms with Crippen molar-refractivity contribution in [3.63, 3.8) is 0 Å². The fourth-order valence-electron chi connectivity index (χ4n) is 2.29. The average molecular weight is 341 g/mol. The second-order valence-corrected chi connectivity index (χ2v) is 4.30. The van der Waals surface area contributed by atoms with Crippen molar-refractivity contribution >= 4 is 5.78 Å². The molecule has 0 aliphatic heterocycles. The van der Waals surface area contributed by atoms with Crippen molar-refractivity contribution < 1.29 is 37.5 Å². The summed E-state index contributed by atoms with van der Waals surface area (Å²) in [6.07, 6.45) is 5.05. The average Bonchev–Trinajstić information content (AvgIpc) is 2.79. The standard InChI is InChI=1S/C15H12NO.C2H6.Y/c17-15-13(9-11-5-7-16-8-6-11)10-12-3-1-2-4-14(12)15;1-2;/h1-8H,9-10H2;1-2H3;/q-1;;. The Balaban J connectivity index is 0.000000639. The van der Waals surface area contributed by atoms with Gasteiger partial charge in [-0.05, 0) is 12.1 Å². The normalized spacial score (nSPS) is 12.1. The van der Waals surface area contributed by atoms with E-state index < -0.39 is 0 Å². The molecular weight excluding hydrogens is 323 g/mol. The minimum absolute atomic E-state index is 0. The summed E-state index contributed by atoms with van der Waals surface area (Å²) in [7, 11) is 0. The molecule has 0 unspecified atom stereocenters. The zero-order valence-electron chi connectivity index (χ0n) is 12.0. The number of carbonyl (C=O) groups excluding carboxylic acids is 1. The number of nitrogens with zero attached hydrogens (tertiary/aromatic N) is 1. The Bertz CT molecular complexity index is 554. The van der Waals surface area contributed by atoms with E-state index in [2.05, 4.69) is 4.98 Å². The molecule has 1 aliphatic rings. The van der Waals surface area contributed by atoms with Crippen molar-refractivity contribution in [1.82, 2.24) is 4.98 Å². The number of carbonyl (C=O) groups is 1. The van der Waals surface area contributed by atoms with E-state index >= 15 is 0 Å². The maximum atomic E-state index is 12.1. The Morgan fingerprint density at radius 2 is 1.75 bits per heavy atom. The van der Waals surface area contributed by atoms with Gasteiger partial charge in [0.15, 0.2) is 0 Å². The van der Waals surface area contributed by atoms with Crippen LogP contribution in [-0.4, -0.2) is 10.8 Å². The van der Waals surface area contributed by atoms with Crippen LogP contribution in [0.4, 0.5) is 0 Å². The second-order valence-electron chi connectivity index (χ2n) is 4.30. The van der Waals surface area contributed by atoms with Crippen molar-refractivity contribution in [2.75, 3.05) is 0 Å². The van der Waals surface area contributed by atoms with E-state index in [0.29, 0.717) is 0 Å². The minimum Gasteiger partial charge on any atom is -0.331 e. The number of Topliss-reactive ketones (excluding diaryl/α,β-unsaturated/α-hetero) is 1. The van der Waals surface area contributed by atoms with E-state index in [1.807, 2.05) is 50.2 Å². The largest absolute Gasteiger partial charge is 0.331 e. The molecule has 0 saturated heterocycles. The van der Waals surface area contributed by atoms with Crippen LogP contribution in [0.1, 0.15) is 35.3 Å². The Hall–Kier alpha value is -0.986. The van der Waals surface area contributed by atoms with Gasteiger partial charge in [-0.3, -0.25) is 4.98 Å². The van der Waals surface area contributed by atoms with Crippen LogP contribution in [0.2, 0.25) is 0 Å². The smallest absolute Gasteiger partial charge is 0.0283 e. The summed E-state index contributed by atoms with van der Waals surface area (Å²) in [4.78, 5) is 16.1. The first-order chi connectivity index (χ1) is 9.34. The van der Waals surface area contributed by atoms with E-state index in [0.717, 1.165) is 35.4 Å². The summed E-state index contributed by atoms with van der Waals surface area (Å²) in [6, 6.07) is 11.8. The molecule has 0 bridgehead atoms. The number of pyridine rings is 1. The van der Waals surface area contributed by atoms with Crippen LogP contribution in [0.5, 0.6) is 0 Å². The maximum Gasteiger partial charge on any atom is 0.0283 e. The van der Waals surface area contributed by atoms with Crippen LogP contribution < -0.4 is 0 Å². The molecule has 1 radical (unpaired) electrons. The molecule has 0 amide bonds. The van der Waals surface area contributed by atoms with Crippen LogP contribution in [0.25, 0.3) is 0 Å². The summed E-state index contributed by atoms with van der Waals surface area (Å²) in [5.74, 6) is 1.19. The van der Waals surface area contributed by atoms with Gasteiger partial charge in [-0.25, -0.2) is 0 Å². The molecule has 1 aromatic heterocycles. The summed E-state index contributed by atoms with van der Waals surface area (Å²) < 4.78 is 0. The van der Waals surface area contributed by atoms with Gasteiger partial charge in [0.25, 0.3) is 0 Å². The molecule has 0 fully saturated rings. The van der Waals surface area contributed by atoms with Crippen molar-refractivity contribution in [1.29, 1.82) is 0 Å². The molecular formula is C17H18NOY-. The topological polar surface area (TPSA) is 30.0 Å². The second kappa shape index (κ2) is 8.33. The van der Waals surface area contributed by atoms with Crippen LogP contribution in [-0.2, 0) is 45.6 Å². The van der Waals surface area contributed by atoms with Crippen molar-refractivity contribution in [2.24, 2.45) is 0 Å². The van der Waals surface area contributed by atoms with E-state index in [-0.39, 0.29) is 38.5 Å². The quantitative estimate of drug-likeness (QED) is 0.781. The third kappa shape index (κ3) is 3.77. The summed E-state index contributed by atoms with van der Waals surface area (Å²) in [5, 5.41) is 0. The monoisotopic (exact) mass is 341 g/mol. The number of aromatic nitrogens is 1. The number of ketones is 1. The van der Waals surface area contributed by atoms with E-state index in [1.54, 1.807) is 12.4 Å². The molecule has 1 aromatic carbocycles. The summed E-state index contributed by atoms with van der Waals surface area (Å²) in [5.41, 5.74) is 3.18. The van der Waals surface area contributed by atoms with Crippen molar-refractivity contribution in [3.05, 3.63) is 71.4 Å². The Kier molecular flexibility index (Phi) is 7.11. The Labute approximate surface area is 145 Å². The molecule has 0 saturated carbocycles. The molecule has 1 aliphatic carbocycles. The Morgan fingerprint density at radius 1 is 1.10 bits per heavy atom. The van der Waals surface area contributed by atoms with E-state index in [9.17, 15) is 4.79 Å². The molecule has 3 rings (SSSR count). The van der Waals surface area contributed by atoms with Crippen LogP contribution in [0.15, 0.2) is 48.8 Å². The number of fused-ring (bicyclic) bond motifs is 1. The van der Waals surface area contributed by atoms with Crippen molar-refractivity contribution in [2.45, 2.75) is 26.7 Å². The summed E-state index contributed by atoms with van der Waals surface area (Å²) in [6.45, 7) is 4.00. The van der Waals surface area contributed by atoms with Gasteiger partial charge in [0, 0.05) is 50.9 Å². The van der Waals surface area contributed by atoms with Gasteiger partial charge in [-0.1, -0.05) is 50.5 Å². The van der Waals surface area contributed by atoms with Gasteiger partial charge in [0.2, 0.25) is 0 Å². The third-order valence-corrected chi connectivity index (χ3v) is 3.15. The Morgan fingerprint density at radius 3 is 2.40 bits per heavy atom.